The molecule has 162 valence electrons. The summed E-state index contributed by atoms with van der Waals surface area (Å²) >= 11 is 6.22. The van der Waals surface area contributed by atoms with Gasteiger partial charge in [0.05, 0.1) is 25.6 Å². The SMILES string of the molecule is COc1cccc(C=CC(=O)Nc2ccc(C3=NCCc4ccc(Cl)cc43)cc2OC)c1. The third kappa shape index (κ3) is 4.84. The van der Waals surface area contributed by atoms with Crippen LogP contribution < -0.4 is 14.8 Å². The quantitative estimate of drug-likeness (QED) is 0.515. The number of rotatable bonds is 6. The molecule has 6 heteroatoms. The van der Waals surface area contributed by atoms with E-state index in [2.05, 4.69) is 5.32 Å². The highest BCUT2D eigenvalue weighted by molar-refractivity contribution is 6.31. The van der Waals surface area contributed by atoms with Crippen LogP contribution in [0.4, 0.5) is 5.69 Å². The van der Waals surface area contributed by atoms with Crippen molar-refractivity contribution in [2.24, 2.45) is 4.99 Å². The smallest absolute Gasteiger partial charge is 0.248 e. The van der Waals surface area contributed by atoms with E-state index in [0.717, 1.165) is 41.1 Å². The summed E-state index contributed by atoms with van der Waals surface area (Å²) < 4.78 is 10.8. The van der Waals surface area contributed by atoms with Crippen LogP contribution in [0, 0.1) is 0 Å². The first-order valence-corrected chi connectivity index (χ1v) is 10.6. The van der Waals surface area contributed by atoms with Crippen molar-refractivity contribution < 1.29 is 14.3 Å². The predicted octanol–water partition coefficient (Wildman–Crippen LogP) is 5.40. The molecule has 0 radical (unpaired) electrons. The van der Waals surface area contributed by atoms with Gasteiger partial charge in [-0.1, -0.05) is 35.9 Å². The van der Waals surface area contributed by atoms with E-state index >= 15 is 0 Å². The highest BCUT2D eigenvalue weighted by Gasteiger charge is 2.18. The number of hydrogen-bond acceptors (Lipinski definition) is 4. The maximum Gasteiger partial charge on any atom is 0.248 e. The maximum absolute atomic E-state index is 12.5. The zero-order chi connectivity index (χ0) is 22.5. The number of aliphatic imine (C=N–C) groups is 1. The Morgan fingerprint density at radius 1 is 1.06 bits per heavy atom. The lowest BCUT2D eigenvalue weighted by atomic mass is 9.93. The third-order valence-corrected chi connectivity index (χ3v) is 5.47. The Bertz CT molecular complexity index is 1220. The summed E-state index contributed by atoms with van der Waals surface area (Å²) in [5.74, 6) is 1.03. The van der Waals surface area contributed by atoms with Gasteiger partial charge in [0.15, 0.2) is 0 Å². The maximum atomic E-state index is 12.5. The third-order valence-electron chi connectivity index (χ3n) is 5.23. The molecule has 0 spiro atoms. The summed E-state index contributed by atoms with van der Waals surface area (Å²) in [7, 11) is 3.19. The van der Waals surface area contributed by atoms with Crippen molar-refractivity contribution in [1.29, 1.82) is 0 Å². The average molecular weight is 447 g/mol. The summed E-state index contributed by atoms with van der Waals surface area (Å²) in [4.78, 5) is 17.2. The molecule has 0 aromatic heterocycles. The van der Waals surface area contributed by atoms with Crippen molar-refractivity contribution in [2.75, 3.05) is 26.1 Å². The molecule has 3 aromatic carbocycles. The van der Waals surface area contributed by atoms with Gasteiger partial charge in [-0.15, -0.1) is 0 Å². The topological polar surface area (TPSA) is 59.9 Å². The Hall–Kier alpha value is -3.57. The fourth-order valence-corrected chi connectivity index (χ4v) is 3.81. The van der Waals surface area contributed by atoms with E-state index in [9.17, 15) is 4.79 Å². The van der Waals surface area contributed by atoms with Crippen LogP contribution in [0.5, 0.6) is 11.5 Å². The number of fused-ring (bicyclic) bond motifs is 1. The molecule has 1 heterocycles. The van der Waals surface area contributed by atoms with Crippen molar-refractivity contribution in [3.8, 4) is 11.5 Å². The van der Waals surface area contributed by atoms with Crippen molar-refractivity contribution in [3.63, 3.8) is 0 Å². The van der Waals surface area contributed by atoms with Crippen LogP contribution in [-0.2, 0) is 11.2 Å². The van der Waals surface area contributed by atoms with Gasteiger partial charge in [0, 0.05) is 28.8 Å². The first kappa shape index (κ1) is 21.7. The standard InChI is InChI=1S/C26H23ClN2O3/c1-31-21-5-3-4-17(14-21)6-11-25(30)29-23-10-8-19(15-24(23)32-2)26-22-16-20(27)9-7-18(22)12-13-28-26/h3-11,14-16H,12-13H2,1-2H3,(H,29,30). The second kappa shape index (κ2) is 9.71. The molecular formula is C26H23ClN2O3. The van der Waals surface area contributed by atoms with Crippen LogP contribution in [0.15, 0.2) is 71.7 Å². The number of nitrogens with zero attached hydrogens (tertiary/aromatic N) is 1. The second-order valence-electron chi connectivity index (χ2n) is 7.30. The molecule has 4 rings (SSSR count). The molecule has 0 bridgehead atoms. The zero-order valence-electron chi connectivity index (χ0n) is 17.9. The normalized spacial score (nSPS) is 12.8. The number of hydrogen-bond donors (Lipinski definition) is 1. The average Bonchev–Trinajstić information content (AvgIpc) is 2.82. The number of carbonyl (C=O) groups excluding carboxylic acids is 1. The van der Waals surface area contributed by atoms with Crippen LogP contribution >= 0.6 is 11.6 Å². The van der Waals surface area contributed by atoms with Crippen LogP contribution in [0.1, 0.15) is 22.3 Å². The van der Waals surface area contributed by atoms with Crippen molar-refractivity contribution in [2.45, 2.75) is 6.42 Å². The van der Waals surface area contributed by atoms with Crippen LogP contribution in [0.2, 0.25) is 5.02 Å². The number of methoxy groups -OCH3 is 2. The number of benzene rings is 3. The summed E-state index contributed by atoms with van der Waals surface area (Å²) in [6, 6.07) is 19.0. The minimum Gasteiger partial charge on any atom is -0.497 e. The Morgan fingerprint density at radius 3 is 2.75 bits per heavy atom. The Morgan fingerprint density at radius 2 is 1.94 bits per heavy atom. The van der Waals surface area contributed by atoms with E-state index in [4.69, 9.17) is 26.1 Å². The van der Waals surface area contributed by atoms with E-state index in [1.54, 1.807) is 20.3 Å². The zero-order valence-corrected chi connectivity index (χ0v) is 18.6. The molecule has 1 aliphatic rings. The predicted molar refractivity (Wildman–Crippen MR) is 129 cm³/mol. The monoisotopic (exact) mass is 446 g/mol. The molecule has 0 fully saturated rings. The molecule has 5 nitrogen and oxygen atoms in total. The number of anilines is 1. The first-order chi connectivity index (χ1) is 15.6. The molecular weight excluding hydrogens is 424 g/mol. The van der Waals surface area contributed by atoms with Gasteiger partial charge in [-0.25, -0.2) is 0 Å². The van der Waals surface area contributed by atoms with E-state index in [-0.39, 0.29) is 5.91 Å². The van der Waals surface area contributed by atoms with Crippen molar-refractivity contribution in [3.05, 3.63) is 94.0 Å². The summed E-state index contributed by atoms with van der Waals surface area (Å²) in [6.45, 7) is 0.722. The highest BCUT2D eigenvalue weighted by atomic mass is 35.5. The fourth-order valence-electron chi connectivity index (χ4n) is 3.64. The molecule has 1 N–H and O–H groups in total. The van der Waals surface area contributed by atoms with Gasteiger partial charge >= 0.3 is 0 Å². The van der Waals surface area contributed by atoms with Crippen LogP contribution in [-0.4, -0.2) is 32.4 Å². The van der Waals surface area contributed by atoms with Crippen LogP contribution in [0.3, 0.4) is 0 Å². The Labute approximate surface area is 192 Å². The minimum absolute atomic E-state index is 0.258. The summed E-state index contributed by atoms with van der Waals surface area (Å²) in [6.07, 6.45) is 4.10. The van der Waals surface area contributed by atoms with E-state index in [0.29, 0.717) is 16.5 Å². The number of nitrogens with one attached hydrogen (secondary N) is 1. The van der Waals surface area contributed by atoms with E-state index < -0.39 is 0 Å². The van der Waals surface area contributed by atoms with Gasteiger partial charge in [0.1, 0.15) is 11.5 Å². The van der Waals surface area contributed by atoms with Crippen LogP contribution in [0.25, 0.3) is 6.08 Å². The van der Waals surface area contributed by atoms with Gasteiger partial charge in [-0.2, -0.15) is 0 Å². The first-order valence-electron chi connectivity index (χ1n) is 10.2. The van der Waals surface area contributed by atoms with Gasteiger partial charge in [-0.05, 0) is 60.0 Å². The van der Waals surface area contributed by atoms with Gasteiger partial charge in [0.2, 0.25) is 5.91 Å². The molecule has 3 aromatic rings. The van der Waals surface area contributed by atoms with Gasteiger partial charge in [0.25, 0.3) is 0 Å². The van der Waals surface area contributed by atoms with Gasteiger partial charge < -0.3 is 14.8 Å². The lowest BCUT2D eigenvalue weighted by Gasteiger charge is -2.19. The Balaban J connectivity index is 1.54. The largest absolute Gasteiger partial charge is 0.497 e. The summed E-state index contributed by atoms with van der Waals surface area (Å²) in [5.41, 5.74) is 5.49. The number of halogens is 1. The number of ether oxygens (including phenoxy) is 2. The van der Waals surface area contributed by atoms with Gasteiger partial charge in [-0.3, -0.25) is 9.79 Å². The van der Waals surface area contributed by atoms with E-state index in [1.165, 1.54) is 11.6 Å². The molecule has 0 aliphatic carbocycles. The van der Waals surface area contributed by atoms with Crippen molar-refractivity contribution in [1.82, 2.24) is 0 Å². The second-order valence-corrected chi connectivity index (χ2v) is 7.73. The number of amides is 1. The summed E-state index contributed by atoms with van der Waals surface area (Å²) in [5, 5.41) is 3.55. The number of carbonyl (C=O) groups is 1. The fraction of sp³-hybridized carbons (Fsp3) is 0.154. The highest BCUT2D eigenvalue weighted by Crippen LogP contribution is 2.30. The molecule has 0 unspecified atom stereocenters. The molecule has 0 saturated heterocycles. The molecule has 1 aliphatic heterocycles. The lowest BCUT2D eigenvalue weighted by Crippen LogP contribution is -2.15. The lowest BCUT2D eigenvalue weighted by molar-refractivity contribution is -0.111. The minimum atomic E-state index is -0.258. The molecule has 0 atom stereocenters. The molecule has 1 amide bonds. The van der Waals surface area contributed by atoms with Crippen molar-refractivity contribution >= 4 is 35.0 Å². The van der Waals surface area contributed by atoms with E-state index in [1.807, 2.05) is 60.7 Å². The Kier molecular flexibility index (Phi) is 6.57. The molecule has 0 saturated carbocycles. The molecule has 32 heavy (non-hydrogen) atoms.